The van der Waals surface area contributed by atoms with Gasteiger partial charge in [0.05, 0.1) is 11.1 Å². The van der Waals surface area contributed by atoms with E-state index in [0.717, 1.165) is 35.6 Å². The SMILES string of the molecule is OC(Cc1nccs1)CC1CC2CCC1C2. The molecule has 0 radical (unpaired) electrons. The second-order valence-corrected chi connectivity index (χ2v) is 6.43. The van der Waals surface area contributed by atoms with Crippen LogP contribution >= 0.6 is 11.3 Å². The van der Waals surface area contributed by atoms with Gasteiger partial charge in [-0.1, -0.05) is 6.42 Å². The highest BCUT2D eigenvalue weighted by atomic mass is 32.1. The molecule has 0 saturated heterocycles. The minimum atomic E-state index is -0.171. The van der Waals surface area contributed by atoms with E-state index in [0.29, 0.717) is 0 Å². The molecule has 0 spiro atoms. The van der Waals surface area contributed by atoms with E-state index >= 15 is 0 Å². The minimum Gasteiger partial charge on any atom is -0.393 e. The lowest BCUT2D eigenvalue weighted by Crippen LogP contribution is -2.20. The van der Waals surface area contributed by atoms with Crippen LogP contribution < -0.4 is 0 Å². The Morgan fingerprint density at radius 1 is 1.44 bits per heavy atom. The van der Waals surface area contributed by atoms with Gasteiger partial charge in [0.15, 0.2) is 0 Å². The molecule has 3 rings (SSSR count). The molecule has 2 nitrogen and oxygen atoms in total. The Bertz CT molecular complexity index is 338. The van der Waals surface area contributed by atoms with Crippen molar-refractivity contribution in [1.29, 1.82) is 0 Å². The lowest BCUT2D eigenvalue weighted by molar-refractivity contribution is 0.124. The quantitative estimate of drug-likeness (QED) is 0.873. The number of aliphatic hydroxyl groups excluding tert-OH is 1. The summed E-state index contributed by atoms with van der Waals surface area (Å²) in [6.45, 7) is 0. The molecule has 2 fully saturated rings. The predicted molar refractivity (Wildman–Crippen MR) is 65.4 cm³/mol. The van der Waals surface area contributed by atoms with Gasteiger partial charge in [-0.3, -0.25) is 0 Å². The summed E-state index contributed by atoms with van der Waals surface area (Å²) in [7, 11) is 0. The van der Waals surface area contributed by atoms with E-state index in [2.05, 4.69) is 4.98 Å². The Hall–Kier alpha value is -0.410. The summed E-state index contributed by atoms with van der Waals surface area (Å²) in [4.78, 5) is 4.24. The van der Waals surface area contributed by atoms with Gasteiger partial charge in [-0.2, -0.15) is 0 Å². The number of fused-ring (bicyclic) bond motifs is 2. The van der Waals surface area contributed by atoms with Crippen molar-refractivity contribution in [2.24, 2.45) is 17.8 Å². The van der Waals surface area contributed by atoms with Crippen molar-refractivity contribution in [2.45, 2.75) is 44.6 Å². The summed E-state index contributed by atoms with van der Waals surface area (Å²) >= 11 is 1.65. The van der Waals surface area contributed by atoms with E-state index in [1.807, 2.05) is 11.6 Å². The molecule has 2 aliphatic rings. The minimum absolute atomic E-state index is 0.171. The fraction of sp³-hybridized carbons (Fsp3) is 0.769. The third-order valence-electron chi connectivity index (χ3n) is 4.35. The van der Waals surface area contributed by atoms with Gasteiger partial charge in [0, 0.05) is 18.0 Å². The van der Waals surface area contributed by atoms with Crippen molar-refractivity contribution >= 4 is 11.3 Å². The van der Waals surface area contributed by atoms with Crippen LogP contribution in [-0.2, 0) is 6.42 Å². The zero-order valence-corrected chi connectivity index (χ0v) is 10.3. The van der Waals surface area contributed by atoms with Gasteiger partial charge in [0.1, 0.15) is 0 Å². The van der Waals surface area contributed by atoms with Gasteiger partial charge >= 0.3 is 0 Å². The Balaban J connectivity index is 1.51. The van der Waals surface area contributed by atoms with Gasteiger partial charge in [0.2, 0.25) is 0 Å². The Labute approximate surface area is 101 Å². The first-order chi connectivity index (χ1) is 7.81. The molecule has 2 aliphatic carbocycles. The third kappa shape index (κ3) is 2.16. The number of rotatable bonds is 4. The summed E-state index contributed by atoms with van der Waals surface area (Å²) in [5, 5.41) is 13.1. The lowest BCUT2D eigenvalue weighted by atomic mass is 9.84. The molecular weight excluding hydrogens is 218 g/mol. The average Bonchev–Trinajstić information content (AvgIpc) is 2.92. The van der Waals surface area contributed by atoms with Crippen LogP contribution in [-0.4, -0.2) is 16.2 Å². The molecule has 2 saturated carbocycles. The maximum Gasteiger partial charge on any atom is 0.0950 e. The molecule has 1 aromatic heterocycles. The van der Waals surface area contributed by atoms with Crippen LogP contribution in [0.1, 0.15) is 37.1 Å². The van der Waals surface area contributed by atoms with E-state index in [1.54, 1.807) is 11.3 Å². The molecule has 0 aromatic carbocycles. The van der Waals surface area contributed by atoms with E-state index in [9.17, 15) is 5.11 Å². The maximum absolute atomic E-state index is 10.1. The first kappa shape index (κ1) is 10.7. The molecule has 16 heavy (non-hydrogen) atoms. The zero-order valence-electron chi connectivity index (χ0n) is 9.51. The van der Waals surface area contributed by atoms with E-state index in [1.165, 1.54) is 25.7 Å². The van der Waals surface area contributed by atoms with E-state index < -0.39 is 0 Å². The van der Waals surface area contributed by atoms with Crippen LogP contribution in [0, 0.1) is 17.8 Å². The van der Waals surface area contributed by atoms with Crippen molar-refractivity contribution in [3.63, 3.8) is 0 Å². The fourth-order valence-electron chi connectivity index (χ4n) is 3.65. The number of aliphatic hydroxyl groups is 1. The average molecular weight is 237 g/mol. The number of nitrogens with zero attached hydrogens (tertiary/aromatic N) is 1. The third-order valence-corrected chi connectivity index (χ3v) is 5.16. The highest BCUT2D eigenvalue weighted by Crippen LogP contribution is 2.49. The maximum atomic E-state index is 10.1. The molecule has 2 bridgehead atoms. The van der Waals surface area contributed by atoms with Crippen molar-refractivity contribution in [3.8, 4) is 0 Å². The van der Waals surface area contributed by atoms with Crippen molar-refractivity contribution < 1.29 is 5.11 Å². The second kappa shape index (κ2) is 4.46. The first-order valence-electron chi connectivity index (χ1n) is 6.37. The molecular formula is C13H19NOS. The van der Waals surface area contributed by atoms with Crippen molar-refractivity contribution in [1.82, 2.24) is 4.98 Å². The monoisotopic (exact) mass is 237 g/mol. The normalized spacial score (nSPS) is 34.4. The van der Waals surface area contributed by atoms with Crippen LogP contribution in [0.2, 0.25) is 0 Å². The number of thiazole rings is 1. The molecule has 1 aromatic rings. The van der Waals surface area contributed by atoms with Crippen molar-refractivity contribution in [2.75, 3.05) is 0 Å². The Morgan fingerprint density at radius 3 is 3.00 bits per heavy atom. The lowest BCUT2D eigenvalue weighted by Gasteiger charge is -2.23. The van der Waals surface area contributed by atoms with Gasteiger partial charge in [-0.25, -0.2) is 4.98 Å². The van der Waals surface area contributed by atoms with Gasteiger partial charge < -0.3 is 5.11 Å². The van der Waals surface area contributed by atoms with E-state index in [-0.39, 0.29) is 6.10 Å². The van der Waals surface area contributed by atoms with Crippen LogP contribution in [0.3, 0.4) is 0 Å². The van der Waals surface area contributed by atoms with Crippen LogP contribution in [0.25, 0.3) is 0 Å². The summed E-state index contributed by atoms with van der Waals surface area (Å²) in [5.41, 5.74) is 0. The van der Waals surface area contributed by atoms with Crippen LogP contribution in [0.4, 0.5) is 0 Å². The highest BCUT2D eigenvalue weighted by molar-refractivity contribution is 7.09. The van der Waals surface area contributed by atoms with Gasteiger partial charge in [-0.15, -0.1) is 11.3 Å². The Morgan fingerprint density at radius 2 is 2.38 bits per heavy atom. The van der Waals surface area contributed by atoms with Crippen LogP contribution in [0.15, 0.2) is 11.6 Å². The molecule has 0 amide bonds. The number of hydrogen-bond acceptors (Lipinski definition) is 3. The summed E-state index contributed by atoms with van der Waals surface area (Å²) < 4.78 is 0. The van der Waals surface area contributed by atoms with E-state index in [4.69, 9.17) is 0 Å². The number of aromatic nitrogens is 1. The molecule has 4 unspecified atom stereocenters. The smallest absolute Gasteiger partial charge is 0.0950 e. The fourth-order valence-corrected chi connectivity index (χ4v) is 4.34. The van der Waals surface area contributed by atoms with Gasteiger partial charge in [0.25, 0.3) is 0 Å². The van der Waals surface area contributed by atoms with Crippen LogP contribution in [0.5, 0.6) is 0 Å². The summed E-state index contributed by atoms with van der Waals surface area (Å²) in [6, 6.07) is 0. The highest BCUT2D eigenvalue weighted by Gasteiger charge is 2.39. The molecule has 88 valence electrons. The molecule has 4 atom stereocenters. The first-order valence-corrected chi connectivity index (χ1v) is 7.25. The largest absolute Gasteiger partial charge is 0.393 e. The standard InChI is InChI=1S/C13H19NOS/c15-12(8-13-14-3-4-16-13)7-11-6-9-1-2-10(11)5-9/h3-4,9-12,15H,1-2,5-8H2. The topological polar surface area (TPSA) is 33.1 Å². The van der Waals surface area contributed by atoms with Gasteiger partial charge in [-0.05, 0) is 43.4 Å². The second-order valence-electron chi connectivity index (χ2n) is 5.45. The molecule has 3 heteroatoms. The zero-order chi connectivity index (χ0) is 11.0. The molecule has 1 heterocycles. The predicted octanol–water partition coefficient (Wildman–Crippen LogP) is 2.87. The summed E-state index contributed by atoms with van der Waals surface area (Å²) in [5.74, 6) is 2.71. The molecule has 1 N–H and O–H groups in total. The van der Waals surface area contributed by atoms with Crippen molar-refractivity contribution in [3.05, 3.63) is 16.6 Å². The Kier molecular flexibility index (Phi) is 2.99. The summed E-state index contributed by atoms with van der Waals surface area (Å²) in [6.07, 6.45) is 9.09. The number of hydrogen-bond donors (Lipinski definition) is 1. The molecule has 0 aliphatic heterocycles.